The van der Waals surface area contributed by atoms with Gasteiger partial charge in [0.1, 0.15) is 17.6 Å². The molecule has 0 aromatic heterocycles. The number of amides is 1. The number of carbonyl (C=O) groups is 1. The first-order valence-corrected chi connectivity index (χ1v) is 11.0. The lowest BCUT2D eigenvalue weighted by Crippen LogP contribution is -2.77. The van der Waals surface area contributed by atoms with E-state index in [1.165, 1.54) is 0 Å². The molecule has 31 heavy (non-hydrogen) atoms. The van der Waals surface area contributed by atoms with Gasteiger partial charge in [-0.25, -0.2) is 0 Å². The molecule has 2 fully saturated rings. The fourth-order valence-electron chi connectivity index (χ4n) is 5.30. The quantitative estimate of drug-likeness (QED) is 0.598. The Morgan fingerprint density at radius 1 is 0.903 bits per heavy atom. The Bertz CT molecular complexity index is 1040. The number of benzene rings is 3. The molecule has 5 rings (SSSR count). The summed E-state index contributed by atoms with van der Waals surface area (Å²) in [7, 11) is 0. The molecule has 1 amide bonds. The van der Waals surface area contributed by atoms with Crippen LogP contribution in [-0.4, -0.2) is 28.1 Å². The minimum atomic E-state index is -0.799. The standard InChI is InChI=1S/C27H27NO3/c1-2-22(29)25-27(24(31-25)21-16-10-5-11-17-21)23(20-14-8-4-9-15-20)28(26(27)30)18-19-12-6-3-7-13-19/h3-17,22-25,29H,2,18H2,1H3/t22-,23-,24+,25-,27+/m1/s1. The van der Waals surface area contributed by atoms with Crippen LogP contribution in [-0.2, 0) is 16.1 Å². The molecule has 0 radical (unpaired) electrons. The second-order valence-corrected chi connectivity index (χ2v) is 8.49. The molecule has 4 heteroatoms. The molecule has 3 aromatic rings. The van der Waals surface area contributed by atoms with E-state index in [4.69, 9.17) is 4.74 Å². The van der Waals surface area contributed by atoms with Crippen molar-refractivity contribution in [1.29, 1.82) is 0 Å². The smallest absolute Gasteiger partial charge is 0.237 e. The zero-order chi connectivity index (χ0) is 21.4. The number of rotatable bonds is 6. The van der Waals surface area contributed by atoms with Crippen LogP contribution < -0.4 is 0 Å². The summed E-state index contributed by atoms with van der Waals surface area (Å²) >= 11 is 0. The van der Waals surface area contributed by atoms with Gasteiger partial charge in [0, 0.05) is 6.54 Å². The van der Waals surface area contributed by atoms with Gasteiger partial charge >= 0.3 is 0 Å². The zero-order valence-electron chi connectivity index (χ0n) is 17.6. The number of aliphatic hydroxyl groups excluding tert-OH is 1. The highest BCUT2D eigenvalue weighted by Crippen LogP contribution is 2.68. The Labute approximate surface area is 183 Å². The van der Waals surface area contributed by atoms with Crippen molar-refractivity contribution < 1.29 is 14.6 Å². The number of aliphatic hydroxyl groups is 1. The lowest BCUT2D eigenvalue weighted by Gasteiger charge is -2.68. The summed E-state index contributed by atoms with van der Waals surface area (Å²) in [6.45, 7) is 2.47. The van der Waals surface area contributed by atoms with Gasteiger partial charge < -0.3 is 14.7 Å². The van der Waals surface area contributed by atoms with Crippen LogP contribution in [0.25, 0.3) is 0 Å². The van der Waals surface area contributed by atoms with Gasteiger partial charge in [-0.1, -0.05) is 97.9 Å². The van der Waals surface area contributed by atoms with Gasteiger partial charge in [0.05, 0.1) is 12.1 Å². The highest BCUT2D eigenvalue weighted by molar-refractivity contribution is 5.93. The molecule has 0 unspecified atom stereocenters. The molecule has 1 spiro atoms. The van der Waals surface area contributed by atoms with Gasteiger partial charge in [-0.3, -0.25) is 4.79 Å². The molecule has 0 saturated carbocycles. The summed E-state index contributed by atoms with van der Waals surface area (Å²) in [5, 5.41) is 10.8. The van der Waals surface area contributed by atoms with Gasteiger partial charge in [-0.05, 0) is 23.1 Å². The number of β-lactam (4-membered cyclic amide) rings is 1. The maximum Gasteiger partial charge on any atom is 0.237 e. The first-order chi connectivity index (χ1) is 15.2. The van der Waals surface area contributed by atoms with E-state index in [2.05, 4.69) is 12.1 Å². The average Bonchev–Trinajstić information content (AvgIpc) is 2.81. The summed E-state index contributed by atoms with van der Waals surface area (Å²) in [5.41, 5.74) is 2.36. The van der Waals surface area contributed by atoms with Gasteiger partial charge in [0.15, 0.2) is 0 Å². The maximum atomic E-state index is 13.9. The predicted molar refractivity (Wildman–Crippen MR) is 119 cm³/mol. The Morgan fingerprint density at radius 2 is 1.45 bits per heavy atom. The third-order valence-corrected chi connectivity index (χ3v) is 6.76. The first kappa shape index (κ1) is 20.0. The minimum Gasteiger partial charge on any atom is -0.390 e. The van der Waals surface area contributed by atoms with Crippen molar-refractivity contribution in [1.82, 2.24) is 4.90 Å². The first-order valence-electron chi connectivity index (χ1n) is 11.0. The third kappa shape index (κ3) is 3.01. The van der Waals surface area contributed by atoms with E-state index >= 15 is 0 Å². The lowest BCUT2D eigenvalue weighted by molar-refractivity contribution is -0.327. The van der Waals surface area contributed by atoms with Crippen molar-refractivity contribution in [3.05, 3.63) is 108 Å². The number of nitrogens with zero attached hydrogens (tertiary/aromatic N) is 1. The molecule has 0 aliphatic carbocycles. The molecule has 158 valence electrons. The maximum absolute atomic E-state index is 13.9. The fraction of sp³-hybridized carbons (Fsp3) is 0.296. The van der Waals surface area contributed by atoms with Crippen molar-refractivity contribution >= 4 is 5.91 Å². The largest absolute Gasteiger partial charge is 0.390 e. The van der Waals surface area contributed by atoms with Crippen molar-refractivity contribution in [2.24, 2.45) is 5.41 Å². The molecule has 4 nitrogen and oxygen atoms in total. The number of hydrogen-bond donors (Lipinski definition) is 1. The average molecular weight is 414 g/mol. The van der Waals surface area contributed by atoms with Crippen molar-refractivity contribution in [2.45, 2.75) is 44.2 Å². The van der Waals surface area contributed by atoms with Crippen molar-refractivity contribution in [3.63, 3.8) is 0 Å². The topological polar surface area (TPSA) is 49.8 Å². The van der Waals surface area contributed by atoms with Gasteiger partial charge in [0.2, 0.25) is 5.91 Å². The zero-order valence-corrected chi connectivity index (χ0v) is 17.6. The van der Waals surface area contributed by atoms with E-state index < -0.39 is 17.6 Å². The molecule has 2 saturated heterocycles. The molecule has 2 aliphatic heterocycles. The monoisotopic (exact) mass is 413 g/mol. The molecular weight excluding hydrogens is 386 g/mol. The molecule has 3 aromatic carbocycles. The van der Waals surface area contributed by atoms with Crippen LogP contribution in [0.1, 0.15) is 42.2 Å². The Kier molecular flexibility index (Phi) is 5.12. The molecule has 5 atom stereocenters. The molecule has 0 bridgehead atoms. The van der Waals surface area contributed by atoms with Gasteiger partial charge in [-0.2, -0.15) is 0 Å². The van der Waals surface area contributed by atoms with E-state index in [1.54, 1.807) is 0 Å². The summed E-state index contributed by atoms with van der Waals surface area (Å²) in [4.78, 5) is 15.8. The summed E-state index contributed by atoms with van der Waals surface area (Å²) in [6, 6.07) is 30.0. The van der Waals surface area contributed by atoms with E-state index in [1.807, 2.05) is 90.7 Å². The number of ether oxygens (including phenoxy) is 1. The van der Waals surface area contributed by atoms with Crippen LogP contribution in [0.5, 0.6) is 0 Å². The Morgan fingerprint density at radius 3 is 2.03 bits per heavy atom. The molecular formula is C27H27NO3. The number of likely N-dealkylation sites (tertiary alicyclic amines) is 1. The van der Waals surface area contributed by atoms with E-state index in [-0.39, 0.29) is 18.1 Å². The highest BCUT2D eigenvalue weighted by Gasteiger charge is 2.76. The fourth-order valence-corrected chi connectivity index (χ4v) is 5.30. The van der Waals surface area contributed by atoms with Crippen LogP contribution in [0.2, 0.25) is 0 Å². The SMILES string of the molecule is CC[C@@H](O)[C@H]1O[C@@H](c2ccccc2)[C@]12C(=O)N(Cc1ccccc1)[C@@H]2c1ccccc1. The van der Waals surface area contributed by atoms with Gasteiger partial charge in [-0.15, -0.1) is 0 Å². The number of hydrogen-bond acceptors (Lipinski definition) is 3. The summed E-state index contributed by atoms with van der Waals surface area (Å²) in [6.07, 6.45) is -1.03. The lowest BCUT2D eigenvalue weighted by atomic mass is 9.54. The van der Waals surface area contributed by atoms with E-state index in [0.29, 0.717) is 13.0 Å². The normalized spacial score (nSPS) is 28.1. The van der Waals surface area contributed by atoms with Crippen molar-refractivity contribution in [2.75, 3.05) is 0 Å². The van der Waals surface area contributed by atoms with Gasteiger partial charge in [0.25, 0.3) is 0 Å². The summed E-state index contributed by atoms with van der Waals surface area (Å²) < 4.78 is 6.26. The number of carbonyl (C=O) groups excluding carboxylic acids is 1. The third-order valence-electron chi connectivity index (χ3n) is 6.76. The predicted octanol–water partition coefficient (Wildman–Crippen LogP) is 4.67. The second-order valence-electron chi connectivity index (χ2n) is 8.49. The van der Waals surface area contributed by atoms with Crippen LogP contribution in [0, 0.1) is 5.41 Å². The highest BCUT2D eigenvalue weighted by atomic mass is 16.5. The van der Waals surface area contributed by atoms with Crippen LogP contribution in [0.15, 0.2) is 91.0 Å². The molecule has 1 N–H and O–H groups in total. The Balaban J connectivity index is 1.60. The molecule has 2 heterocycles. The van der Waals surface area contributed by atoms with E-state index in [9.17, 15) is 9.90 Å². The second kappa shape index (κ2) is 7.95. The van der Waals surface area contributed by atoms with Crippen molar-refractivity contribution in [3.8, 4) is 0 Å². The molecule has 2 aliphatic rings. The van der Waals surface area contributed by atoms with Crippen LogP contribution in [0.3, 0.4) is 0 Å². The van der Waals surface area contributed by atoms with E-state index in [0.717, 1.165) is 16.7 Å². The minimum absolute atomic E-state index is 0.0582. The summed E-state index contributed by atoms with van der Waals surface area (Å²) in [5.74, 6) is 0.0582. The Hall–Kier alpha value is -2.95. The van der Waals surface area contributed by atoms with Crippen LogP contribution >= 0.6 is 0 Å². The van der Waals surface area contributed by atoms with Crippen LogP contribution in [0.4, 0.5) is 0 Å².